The molecule has 0 radical (unpaired) electrons. The molecule has 1 aliphatic heterocycles. The van der Waals surface area contributed by atoms with Crippen LogP contribution >= 0.6 is 0 Å². The van der Waals surface area contributed by atoms with Crippen molar-refractivity contribution in [3.63, 3.8) is 0 Å². The number of hydrogen-bond acceptors (Lipinski definition) is 3. The van der Waals surface area contributed by atoms with Crippen molar-refractivity contribution < 1.29 is 14.3 Å². The van der Waals surface area contributed by atoms with Gasteiger partial charge in [0.2, 0.25) is 0 Å². The first-order valence-electron chi connectivity index (χ1n) is 7.59. The Kier molecular flexibility index (Phi) is 3.90. The van der Waals surface area contributed by atoms with Crippen LogP contribution in [0.25, 0.3) is 11.1 Å². The summed E-state index contributed by atoms with van der Waals surface area (Å²) in [7, 11) is 3.44. The molecule has 23 heavy (non-hydrogen) atoms. The van der Waals surface area contributed by atoms with Gasteiger partial charge in [-0.15, -0.1) is 0 Å². The molecule has 0 aromatic heterocycles. The fraction of sp³-hybridized carbons (Fsp3) is 0.263. The standard InChI is InChI=1S/C19H19NO3/c1-12(21)13-4-6-14(7-5-13)17-11-16(23-3)10-15-8-9-20(2)19(22)18(15)17/h4-7,10-11H,8-9H2,1-3H3. The topological polar surface area (TPSA) is 46.6 Å². The molecule has 4 heteroatoms. The van der Waals surface area contributed by atoms with Gasteiger partial charge in [0.25, 0.3) is 5.91 Å². The molecule has 0 aliphatic carbocycles. The van der Waals surface area contributed by atoms with Crippen molar-refractivity contribution in [2.45, 2.75) is 13.3 Å². The largest absolute Gasteiger partial charge is 0.497 e. The molecule has 0 bridgehead atoms. The number of ether oxygens (including phenoxy) is 1. The van der Waals surface area contributed by atoms with Crippen LogP contribution in [0, 0.1) is 0 Å². The lowest BCUT2D eigenvalue weighted by atomic mass is 9.90. The molecule has 0 saturated heterocycles. The summed E-state index contributed by atoms with van der Waals surface area (Å²) in [4.78, 5) is 25.8. The molecule has 1 heterocycles. The second kappa shape index (κ2) is 5.88. The van der Waals surface area contributed by atoms with Crippen molar-refractivity contribution in [1.82, 2.24) is 4.90 Å². The third-order valence-electron chi connectivity index (χ3n) is 4.31. The predicted octanol–water partition coefficient (Wildman–Crippen LogP) is 3.19. The number of likely N-dealkylation sites (N-methyl/N-ethyl adjacent to an activating group) is 1. The van der Waals surface area contributed by atoms with Gasteiger partial charge in [0, 0.05) is 19.2 Å². The monoisotopic (exact) mass is 309 g/mol. The highest BCUT2D eigenvalue weighted by atomic mass is 16.5. The minimum absolute atomic E-state index is 0.0274. The summed E-state index contributed by atoms with van der Waals surface area (Å²) in [6, 6.07) is 11.2. The summed E-state index contributed by atoms with van der Waals surface area (Å²) in [5.74, 6) is 0.798. The zero-order valence-electron chi connectivity index (χ0n) is 13.6. The molecule has 0 saturated carbocycles. The Hall–Kier alpha value is -2.62. The molecule has 0 unspecified atom stereocenters. The first-order valence-corrected chi connectivity index (χ1v) is 7.59. The molecule has 118 valence electrons. The molecule has 2 aromatic carbocycles. The van der Waals surface area contributed by atoms with E-state index in [1.54, 1.807) is 31.1 Å². The van der Waals surface area contributed by atoms with Crippen molar-refractivity contribution in [2.75, 3.05) is 20.7 Å². The van der Waals surface area contributed by atoms with Crippen molar-refractivity contribution in [1.29, 1.82) is 0 Å². The van der Waals surface area contributed by atoms with Crippen molar-refractivity contribution in [2.24, 2.45) is 0 Å². The number of nitrogens with zero attached hydrogens (tertiary/aromatic N) is 1. The van der Waals surface area contributed by atoms with E-state index in [-0.39, 0.29) is 11.7 Å². The van der Waals surface area contributed by atoms with Gasteiger partial charge in [-0.2, -0.15) is 0 Å². The lowest BCUT2D eigenvalue weighted by Crippen LogP contribution is -2.34. The number of Topliss-reactive ketones (excluding diaryl/α,β-unsaturated/α-hetero) is 1. The lowest BCUT2D eigenvalue weighted by molar-refractivity contribution is 0.0781. The molecule has 0 atom stereocenters. The van der Waals surface area contributed by atoms with Gasteiger partial charge in [-0.05, 0) is 42.2 Å². The summed E-state index contributed by atoms with van der Waals surface area (Å²) in [5.41, 5.74) is 4.17. The van der Waals surface area contributed by atoms with Crippen molar-refractivity contribution in [3.8, 4) is 16.9 Å². The van der Waals surface area contributed by atoms with Crippen LogP contribution in [0.1, 0.15) is 33.2 Å². The molecule has 0 fully saturated rings. The number of rotatable bonds is 3. The molecule has 4 nitrogen and oxygen atoms in total. The number of carbonyl (C=O) groups excluding carboxylic acids is 2. The Morgan fingerprint density at radius 1 is 1.17 bits per heavy atom. The molecule has 1 aliphatic rings. The van der Waals surface area contributed by atoms with Gasteiger partial charge >= 0.3 is 0 Å². The van der Waals surface area contributed by atoms with Gasteiger partial charge in [0.15, 0.2) is 5.78 Å². The van der Waals surface area contributed by atoms with Crippen LogP contribution < -0.4 is 4.74 Å². The van der Waals surface area contributed by atoms with Crippen molar-refractivity contribution >= 4 is 11.7 Å². The number of ketones is 1. The van der Waals surface area contributed by atoms with E-state index >= 15 is 0 Å². The normalized spacial score (nSPS) is 13.7. The van der Waals surface area contributed by atoms with E-state index in [0.29, 0.717) is 12.1 Å². The molecule has 2 aromatic rings. The van der Waals surface area contributed by atoms with E-state index in [1.165, 1.54) is 0 Å². The van der Waals surface area contributed by atoms with Crippen LogP contribution in [0.5, 0.6) is 5.75 Å². The van der Waals surface area contributed by atoms with E-state index in [4.69, 9.17) is 4.74 Å². The van der Waals surface area contributed by atoms with E-state index in [0.717, 1.165) is 34.4 Å². The van der Waals surface area contributed by atoms with Gasteiger partial charge in [-0.3, -0.25) is 9.59 Å². The minimum atomic E-state index is 0.0274. The van der Waals surface area contributed by atoms with E-state index in [1.807, 2.05) is 31.3 Å². The summed E-state index contributed by atoms with van der Waals surface area (Å²) < 4.78 is 5.39. The number of benzene rings is 2. The Morgan fingerprint density at radius 3 is 2.48 bits per heavy atom. The zero-order chi connectivity index (χ0) is 16.6. The highest BCUT2D eigenvalue weighted by Crippen LogP contribution is 2.34. The summed E-state index contributed by atoms with van der Waals surface area (Å²) >= 11 is 0. The average molecular weight is 309 g/mol. The third kappa shape index (κ3) is 2.72. The first kappa shape index (κ1) is 15.3. The van der Waals surface area contributed by atoms with Crippen LogP contribution in [0.15, 0.2) is 36.4 Å². The molecular weight excluding hydrogens is 290 g/mol. The van der Waals surface area contributed by atoms with Crippen LogP contribution in [0.2, 0.25) is 0 Å². The van der Waals surface area contributed by atoms with E-state index in [2.05, 4.69) is 0 Å². The Morgan fingerprint density at radius 2 is 1.87 bits per heavy atom. The summed E-state index contributed by atoms with van der Waals surface area (Å²) in [5, 5.41) is 0. The molecule has 0 spiro atoms. The maximum Gasteiger partial charge on any atom is 0.254 e. The van der Waals surface area contributed by atoms with Crippen LogP contribution in [0.3, 0.4) is 0 Å². The third-order valence-corrected chi connectivity index (χ3v) is 4.31. The van der Waals surface area contributed by atoms with Gasteiger partial charge < -0.3 is 9.64 Å². The zero-order valence-corrected chi connectivity index (χ0v) is 13.6. The van der Waals surface area contributed by atoms with Gasteiger partial charge in [-0.25, -0.2) is 0 Å². The molecular formula is C19H19NO3. The second-order valence-corrected chi connectivity index (χ2v) is 5.82. The Labute approximate surface area is 135 Å². The number of carbonyl (C=O) groups is 2. The number of hydrogen-bond donors (Lipinski definition) is 0. The Bertz CT molecular complexity index is 778. The molecule has 0 N–H and O–H groups in total. The summed E-state index contributed by atoms with van der Waals surface area (Å²) in [6.07, 6.45) is 0.813. The lowest BCUT2D eigenvalue weighted by Gasteiger charge is -2.27. The van der Waals surface area contributed by atoms with Gasteiger partial charge in [0.05, 0.1) is 12.7 Å². The number of amides is 1. The van der Waals surface area contributed by atoms with Crippen molar-refractivity contribution in [3.05, 3.63) is 53.1 Å². The molecule has 3 rings (SSSR count). The van der Waals surface area contributed by atoms with E-state index in [9.17, 15) is 9.59 Å². The minimum Gasteiger partial charge on any atom is -0.497 e. The molecule has 1 amide bonds. The van der Waals surface area contributed by atoms with Gasteiger partial charge in [-0.1, -0.05) is 24.3 Å². The fourth-order valence-corrected chi connectivity index (χ4v) is 2.93. The smallest absolute Gasteiger partial charge is 0.254 e. The Balaban J connectivity index is 2.17. The second-order valence-electron chi connectivity index (χ2n) is 5.82. The number of fused-ring (bicyclic) bond motifs is 1. The maximum atomic E-state index is 12.6. The van der Waals surface area contributed by atoms with E-state index < -0.39 is 0 Å². The first-order chi connectivity index (χ1) is 11.0. The SMILES string of the molecule is COc1cc2c(c(-c3ccc(C(C)=O)cc3)c1)C(=O)N(C)CC2. The number of methoxy groups -OCH3 is 1. The predicted molar refractivity (Wildman–Crippen MR) is 89.1 cm³/mol. The fourth-order valence-electron chi connectivity index (χ4n) is 2.93. The quantitative estimate of drug-likeness (QED) is 0.818. The van der Waals surface area contributed by atoms with Crippen LogP contribution in [0.4, 0.5) is 0 Å². The van der Waals surface area contributed by atoms with Crippen LogP contribution in [-0.4, -0.2) is 37.3 Å². The highest BCUT2D eigenvalue weighted by Gasteiger charge is 2.26. The van der Waals surface area contributed by atoms with Crippen LogP contribution in [-0.2, 0) is 6.42 Å². The highest BCUT2D eigenvalue weighted by molar-refractivity contribution is 6.03. The maximum absolute atomic E-state index is 12.6. The average Bonchev–Trinajstić information content (AvgIpc) is 2.57. The summed E-state index contributed by atoms with van der Waals surface area (Å²) in [6.45, 7) is 2.25. The van der Waals surface area contributed by atoms with Gasteiger partial charge in [0.1, 0.15) is 5.75 Å².